The maximum Gasteiger partial charge on any atom is 0.227 e. The molecule has 0 radical (unpaired) electrons. The highest BCUT2D eigenvalue weighted by Crippen LogP contribution is 2.29. The average Bonchev–Trinajstić information content (AvgIpc) is 3.13. The van der Waals surface area contributed by atoms with Crippen LogP contribution >= 0.6 is 11.6 Å². The van der Waals surface area contributed by atoms with Gasteiger partial charge in [0.1, 0.15) is 11.3 Å². The second-order valence-corrected chi connectivity index (χ2v) is 6.55. The molecule has 5 heteroatoms. The first-order chi connectivity index (χ1) is 13.1. The standard InChI is InChI=1S/C22H17ClN2O2/c1-14-5-3-8-20-21(14)25-22(27-20)16-6-4-7-17(12-16)24-13-15-9-10-19(26-2)18(23)11-15/h3-13H,1-2H3. The van der Waals surface area contributed by atoms with E-state index in [2.05, 4.69) is 9.98 Å². The van der Waals surface area contributed by atoms with Gasteiger partial charge in [0.2, 0.25) is 5.89 Å². The van der Waals surface area contributed by atoms with E-state index in [9.17, 15) is 0 Å². The minimum atomic E-state index is 0.553. The van der Waals surface area contributed by atoms with Gasteiger partial charge in [0, 0.05) is 11.8 Å². The van der Waals surface area contributed by atoms with Crippen molar-refractivity contribution in [2.24, 2.45) is 4.99 Å². The number of halogens is 1. The molecule has 0 saturated heterocycles. The van der Waals surface area contributed by atoms with Crippen molar-refractivity contribution < 1.29 is 9.15 Å². The van der Waals surface area contributed by atoms with Crippen LogP contribution in [0, 0.1) is 6.92 Å². The molecule has 27 heavy (non-hydrogen) atoms. The van der Waals surface area contributed by atoms with E-state index in [-0.39, 0.29) is 0 Å². The molecule has 4 nitrogen and oxygen atoms in total. The maximum absolute atomic E-state index is 6.16. The molecule has 4 rings (SSSR count). The van der Waals surface area contributed by atoms with Crippen molar-refractivity contribution in [2.75, 3.05) is 7.11 Å². The molecule has 3 aromatic carbocycles. The second kappa shape index (κ2) is 7.25. The zero-order chi connectivity index (χ0) is 18.8. The van der Waals surface area contributed by atoms with Crippen molar-refractivity contribution in [3.63, 3.8) is 0 Å². The number of methoxy groups -OCH3 is 1. The molecule has 0 bridgehead atoms. The highest BCUT2D eigenvalue weighted by molar-refractivity contribution is 6.32. The van der Waals surface area contributed by atoms with Crippen molar-refractivity contribution in [1.82, 2.24) is 4.98 Å². The largest absolute Gasteiger partial charge is 0.495 e. The summed E-state index contributed by atoms with van der Waals surface area (Å²) in [6.07, 6.45) is 1.76. The molecule has 1 aromatic heterocycles. The summed E-state index contributed by atoms with van der Waals surface area (Å²) in [5.41, 5.74) is 5.34. The Bertz CT molecular complexity index is 1150. The van der Waals surface area contributed by atoms with Crippen LogP contribution in [-0.2, 0) is 0 Å². The normalized spacial score (nSPS) is 11.4. The van der Waals surface area contributed by atoms with E-state index in [0.29, 0.717) is 16.7 Å². The van der Waals surface area contributed by atoms with E-state index in [1.807, 2.05) is 67.6 Å². The van der Waals surface area contributed by atoms with Gasteiger partial charge in [-0.1, -0.05) is 29.8 Å². The first-order valence-corrected chi connectivity index (χ1v) is 8.86. The Labute approximate surface area is 162 Å². The number of aryl methyl sites for hydroxylation is 1. The summed E-state index contributed by atoms with van der Waals surface area (Å²) in [6, 6.07) is 19.2. The number of aromatic nitrogens is 1. The lowest BCUT2D eigenvalue weighted by Crippen LogP contribution is -1.86. The number of hydrogen-bond acceptors (Lipinski definition) is 4. The van der Waals surface area contributed by atoms with Gasteiger partial charge in [-0.15, -0.1) is 0 Å². The third-order valence-corrected chi connectivity index (χ3v) is 4.55. The minimum Gasteiger partial charge on any atom is -0.495 e. The van der Waals surface area contributed by atoms with Gasteiger partial charge in [0.25, 0.3) is 0 Å². The molecule has 0 unspecified atom stereocenters. The Morgan fingerprint density at radius 3 is 2.70 bits per heavy atom. The molecule has 0 fully saturated rings. The van der Waals surface area contributed by atoms with Gasteiger partial charge in [0.15, 0.2) is 5.58 Å². The summed E-state index contributed by atoms with van der Waals surface area (Å²) in [5.74, 6) is 1.23. The molecule has 0 aliphatic carbocycles. The quantitative estimate of drug-likeness (QED) is 0.397. The van der Waals surface area contributed by atoms with Crippen LogP contribution in [0.15, 0.2) is 70.1 Å². The van der Waals surface area contributed by atoms with Crippen molar-refractivity contribution in [2.45, 2.75) is 6.92 Å². The predicted molar refractivity (Wildman–Crippen MR) is 109 cm³/mol. The maximum atomic E-state index is 6.16. The van der Waals surface area contributed by atoms with Crippen molar-refractivity contribution in [1.29, 1.82) is 0 Å². The molecular formula is C22H17ClN2O2. The lowest BCUT2D eigenvalue weighted by Gasteiger charge is -2.03. The van der Waals surface area contributed by atoms with Gasteiger partial charge in [-0.3, -0.25) is 4.99 Å². The summed E-state index contributed by atoms with van der Waals surface area (Å²) in [4.78, 5) is 9.16. The number of para-hydroxylation sites is 1. The summed E-state index contributed by atoms with van der Waals surface area (Å²) < 4.78 is 11.1. The van der Waals surface area contributed by atoms with Gasteiger partial charge in [0.05, 0.1) is 17.8 Å². The number of rotatable bonds is 4. The monoisotopic (exact) mass is 376 g/mol. The topological polar surface area (TPSA) is 47.6 Å². The summed E-state index contributed by atoms with van der Waals surface area (Å²) in [7, 11) is 1.59. The number of nitrogens with zero attached hydrogens (tertiary/aromatic N) is 2. The zero-order valence-corrected chi connectivity index (χ0v) is 15.7. The van der Waals surface area contributed by atoms with E-state index in [4.69, 9.17) is 20.8 Å². The fourth-order valence-electron chi connectivity index (χ4n) is 2.84. The highest BCUT2D eigenvalue weighted by atomic mass is 35.5. The molecule has 0 N–H and O–H groups in total. The van der Waals surface area contributed by atoms with E-state index in [0.717, 1.165) is 33.5 Å². The molecular weight excluding hydrogens is 360 g/mol. The van der Waals surface area contributed by atoms with E-state index < -0.39 is 0 Å². The van der Waals surface area contributed by atoms with Crippen LogP contribution in [0.2, 0.25) is 5.02 Å². The molecule has 0 saturated carbocycles. The molecule has 0 aliphatic heterocycles. The van der Waals surface area contributed by atoms with Gasteiger partial charge >= 0.3 is 0 Å². The van der Waals surface area contributed by atoms with E-state index in [1.165, 1.54) is 0 Å². The van der Waals surface area contributed by atoms with Crippen molar-refractivity contribution in [3.05, 3.63) is 76.8 Å². The Hall–Kier alpha value is -3.11. The molecule has 4 aromatic rings. The number of fused-ring (bicyclic) bond motifs is 1. The van der Waals surface area contributed by atoms with Crippen LogP contribution in [0.3, 0.4) is 0 Å². The summed E-state index contributed by atoms with van der Waals surface area (Å²) in [6.45, 7) is 2.02. The smallest absolute Gasteiger partial charge is 0.227 e. The SMILES string of the molecule is COc1ccc(C=Nc2cccc(-c3nc4c(C)cccc4o3)c2)cc1Cl. The average molecular weight is 377 g/mol. The summed E-state index contributed by atoms with van der Waals surface area (Å²) in [5, 5.41) is 0.553. The van der Waals surface area contributed by atoms with Gasteiger partial charge < -0.3 is 9.15 Å². The molecule has 0 amide bonds. The molecule has 134 valence electrons. The van der Waals surface area contributed by atoms with Crippen LogP contribution in [0.5, 0.6) is 5.75 Å². The predicted octanol–water partition coefficient (Wildman–Crippen LogP) is 6.22. The Morgan fingerprint density at radius 1 is 1.07 bits per heavy atom. The first kappa shape index (κ1) is 17.3. The van der Waals surface area contributed by atoms with Crippen molar-refractivity contribution >= 4 is 34.6 Å². The minimum absolute atomic E-state index is 0.553. The number of benzene rings is 3. The van der Waals surface area contributed by atoms with Crippen molar-refractivity contribution in [3.8, 4) is 17.2 Å². The second-order valence-electron chi connectivity index (χ2n) is 6.14. The number of ether oxygens (including phenoxy) is 1. The van der Waals surface area contributed by atoms with Crippen LogP contribution in [0.4, 0.5) is 5.69 Å². The zero-order valence-electron chi connectivity index (χ0n) is 14.9. The Kier molecular flexibility index (Phi) is 4.65. The number of oxazole rings is 1. The number of hydrogen-bond donors (Lipinski definition) is 0. The van der Waals surface area contributed by atoms with Gasteiger partial charge in [-0.25, -0.2) is 4.98 Å². The third-order valence-electron chi connectivity index (χ3n) is 4.25. The lowest BCUT2D eigenvalue weighted by molar-refractivity contribution is 0.415. The first-order valence-electron chi connectivity index (χ1n) is 8.48. The van der Waals surface area contributed by atoms with E-state index in [1.54, 1.807) is 13.3 Å². The Balaban J connectivity index is 1.64. The van der Waals surface area contributed by atoms with Crippen LogP contribution in [-0.4, -0.2) is 18.3 Å². The van der Waals surface area contributed by atoms with E-state index >= 15 is 0 Å². The molecule has 0 spiro atoms. The van der Waals surface area contributed by atoms with Crippen LogP contribution < -0.4 is 4.74 Å². The number of aliphatic imine (C=N–C) groups is 1. The highest BCUT2D eigenvalue weighted by Gasteiger charge is 2.10. The van der Waals surface area contributed by atoms with Crippen LogP contribution in [0.1, 0.15) is 11.1 Å². The molecule has 0 atom stereocenters. The third kappa shape index (κ3) is 3.57. The molecule has 1 heterocycles. The summed E-state index contributed by atoms with van der Waals surface area (Å²) >= 11 is 6.16. The fourth-order valence-corrected chi connectivity index (χ4v) is 3.11. The lowest BCUT2D eigenvalue weighted by atomic mass is 10.2. The Morgan fingerprint density at radius 2 is 1.93 bits per heavy atom. The fraction of sp³-hybridized carbons (Fsp3) is 0.0909. The van der Waals surface area contributed by atoms with Gasteiger partial charge in [-0.2, -0.15) is 0 Å². The molecule has 0 aliphatic rings. The van der Waals surface area contributed by atoms with Gasteiger partial charge in [-0.05, 0) is 60.5 Å². The van der Waals surface area contributed by atoms with Crippen LogP contribution in [0.25, 0.3) is 22.6 Å².